The Labute approximate surface area is 179 Å². The fourth-order valence-electron chi connectivity index (χ4n) is 2.39. The first kappa shape index (κ1) is 23.2. The molecule has 9 nitrogen and oxygen atoms in total. The molecule has 2 heterocycles. The Morgan fingerprint density at radius 3 is 2.33 bits per heavy atom. The molecule has 11 heteroatoms. The van der Waals surface area contributed by atoms with Gasteiger partial charge in [-0.05, 0) is 23.9 Å². The quantitative estimate of drug-likeness (QED) is 0.349. The minimum absolute atomic E-state index is 0.0177. The topological polar surface area (TPSA) is 125 Å². The van der Waals surface area contributed by atoms with Crippen LogP contribution in [0.15, 0.2) is 17.5 Å². The largest absolute Gasteiger partial charge is 0.465 e. The summed E-state index contributed by atoms with van der Waals surface area (Å²) in [6.45, 7) is 0.909. The van der Waals surface area contributed by atoms with Crippen LogP contribution in [0.25, 0.3) is 0 Å². The molecular weight excluding hydrogens is 434 g/mol. The molecule has 0 aliphatic rings. The van der Waals surface area contributed by atoms with E-state index in [0.29, 0.717) is 10.4 Å². The molecule has 0 unspecified atom stereocenters. The summed E-state index contributed by atoms with van der Waals surface area (Å²) in [7, 11) is 2.36. The van der Waals surface area contributed by atoms with Crippen molar-refractivity contribution in [3.05, 3.63) is 38.4 Å². The van der Waals surface area contributed by atoms with E-state index in [1.54, 1.807) is 17.5 Å². The summed E-state index contributed by atoms with van der Waals surface area (Å²) in [5, 5.41) is 4.27. The molecule has 0 spiro atoms. The fourth-order valence-corrected chi connectivity index (χ4v) is 4.22. The average molecular weight is 453 g/mol. The predicted octanol–water partition coefficient (Wildman–Crippen LogP) is 2.84. The number of hydrogen-bond acceptors (Lipinski definition) is 10. The highest BCUT2D eigenvalue weighted by Gasteiger charge is 2.27. The van der Waals surface area contributed by atoms with Crippen LogP contribution in [0.4, 0.5) is 5.00 Å². The van der Waals surface area contributed by atoms with E-state index >= 15 is 0 Å². The Bertz CT molecular complexity index is 962. The lowest BCUT2D eigenvalue weighted by Crippen LogP contribution is -2.21. The molecule has 0 aromatic carbocycles. The minimum atomic E-state index is -0.738. The van der Waals surface area contributed by atoms with Gasteiger partial charge < -0.3 is 19.5 Å². The molecule has 0 bridgehead atoms. The third-order valence-electron chi connectivity index (χ3n) is 3.88. The van der Waals surface area contributed by atoms with Gasteiger partial charge in [0, 0.05) is 6.42 Å². The van der Waals surface area contributed by atoms with Gasteiger partial charge in [0.2, 0.25) is 0 Å². The van der Waals surface area contributed by atoms with E-state index in [1.807, 2.05) is 0 Å². The molecule has 0 aliphatic carbocycles. The highest BCUT2D eigenvalue weighted by molar-refractivity contribution is 7.18. The molecule has 2 rings (SSSR count). The number of carbonyl (C=O) groups excluding carboxylic acids is 5. The summed E-state index contributed by atoms with van der Waals surface area (Å²) in [5.74, 6) is -3.00. The lowest BCUT2D eigenvalue weighted by molar-refractivity contribution is -0.147. The van der Waals surface area contributed by atoms with Crippen molar-refractivity contribution >= 4 is 57.3 Å². The Morgan fingerprint density at radius 1 is 1.03 bits per heavy atom. The van der Waals surface area contributed by atoms with Crippen molar-refractivity contribution < 1.29 is 38.2 Å². The number of methoxy groups -OCH3 is 2. The summed E-state index contributed by atoms with van der Waals surface area (Å²) in [4.78, 5) is 60.4. The van der Waals surface area contributed by atoms with Crippen molar-refractivity contribution in [3.63, 3.8) is 0 Å². The average Bonchev–Trinajstić information content (AvgIpc) is 3.38. The van der Waals surface area contributed by atoms with Gasteiger partial charge in [-0.25, -0.2) is 9.59 Å². The van der Waals surface area contributed by atoms with Crippen LogP contribution >= 0.6 is 22.7 Å². The van der Waals surface area contributed by atoms with Crippen LogP contribution < -0.4 is 5.32 Å². The molecule has 2 aromatic rings. The van der Waals surface area contributed by atoms with E-state index in [4.69, 9.17) is 9.47 Å². The number of nitrogens with one attached hydrogen (secondary N) is 1. The van der Waals surface area contributed by atoms with Crippen molar-refractivity contribution in [2.45, 2.75) is 19.8 Å². The zero-order valence-corrected chi connectivity index (χ0v) is 18.1. The molecule has 0 saturated heterocycles. The van der Waals surface area contributed by atoms with Crippen LogP contribution in [0.5, 0.6) is 0 Å². The number of ketones is 1. The number of thiophene rings is 2. The van der Waals surface area contributed by atoms with Crippen LogP contribution in [0.3, 0.4) is 0 Å². The van der Waals surface area contributed by atoms with Gasteiger partial charge in [0.15, 0.2) is 12.4 Å². The fraction of sp³-hybridized carbons (Fsp3) is 0.316. The highest BCUT2D eigenvalue weighted by atomic mass is 32.1. The zero-order valence-electron chi connectivity index (χ0n) is 16.4. The Kier molecular flexibility index (Phi) is 8.25. The molecular formula is C19H19NO8S2. The summed E-state index contributed by atoms with van der Waals surface area (Å²) in [6.07, 6.45) is -0.192. The number of rotatable bonds is 9. The van der Waals surface area contributed by atoms with Crippen molar-refractivity contribution in [2.75, 3.05) is 26.1 Å². The van der Waals surface area contributed by atoms with Gasteiger partial charge in [0.1, 0.15) is 9.88 Å². The first-order valence-corrected chi connectivity index (χ1v) is 10.3. The molecule has 160 valence electrons. The van der Waals surface area contributed by atoms with E-state index in [0.717, 1.165) is 11.3 Å². The van der Waals surface area contributed by atoms with Gasteiger partial charge in [-0.2, -0.15) is 0 Å². The van der Waals surface area contributed by atoms with E-state index in [2.05, 4.69) is 10.1 Å². The second kappa shape index (κ2) is 10.6. The number of anilines is 1. The van der Waals surface area contributed by atoms with E-state index in [9.17, 15) is 24.0 Å². The normalized spacial score (nSPS) is 10.2. The number of amides is 1. The number of carbonyl (C=O) groups is 5. The molecule has 2 aromatic heterocycles. The van der Waals surface area contributed by atoms with Gasteiger partial charge in [-0.1, -0.05) is 6.07 Å². The predicted molar refractivity (Wildman–Crippen MR) is 109 cm³/mol. The Morgan fingerprint density at radius 2 is 1.73 bits per heavy atom. The Hall–Kier alpha value is -3.05. The molecule has 0 fully saturated rings. The lowest BCUT2D eigenvalue weighted by Gasteiger charge is -2.07. The summed E-state index contributed by atoms with van der Waals surface area (Å²) < 4.78 is 14.2. The van der Waals surface area contributed by atoms with Crippen molar-refractivity contribution in [1.82, 2.24) is 0 Å². The SMILES string of the molecule is COC(=O)c1sc(NC(=O)COC(=O)CCC(=O)c2cccs2)c(C(=O)OC)c1C. The smallest absolute Gasteiger partial charge is 0.348 e. The molecule has 0 radical (unpaired) electrons. The van der Waals surface area contributed by atoms with Gasteiger partial charge in [-0.15, -0.1) is 22.7 Å². The molecule has 30 heavy (non-hydrogen) atoms. The van der Waals surface area contributed by atoms with Gasteiger partial charge in [0.25, 0.3) is 5.91 Å². The van der Waals surface area contributed by atoms with Crippen molar-refractivity contribution in [1.29, 1.82) is 0 Å². The number of ether oxygens (including phenoxy) is 3. The van der Waals surface area contributed by atoms with Crippen molar-refractivity contribution in [2.24, 2.45) is 0 Å². The maximum atomic E-state index is 12.1. The first-order chi connectivity index (χ1) is 14.3. The molecule has 1 N–H and O–H groups in total. The van der Waals surface area contributed by atoms with Gasteiger partial charge in [0.05, 0.1) is 31.1 Å². The first-order valence-electron chi connectivity index (χ1n) is 8.60. The third-order valence-corrected chi connectivity index (χ3v) is 5.97. The zero-order chi connectivity index (χ0) is 22.3. The van der Waals surface area contributed by atoms with Crippen LogP contribution in [0, 0.1) is 6.92 Å². The second-order valence-electron chi connectivity index (χ2n) is 5.85. The monoisotopic (exact) mass is 453 g/mol. The maximum absolute atomic E-state index is 12.1. The number of esters is 3. The molecule has 0 aliphatic heterocycles. The van der Waals surface area contributed by atoms with E-state index in [-0.39, 0.29) is 34.1 Å². The third kappa shape index (κ3) is 5.74. The van der Waals surface area contributed by atoms with Crippen LogP contribution in [-0.2, 0) is 23.8 Å². The van der Waals surface area contributed by atoms with E-state index in [1.165, 1.54) is 32.5 Å². The Balaban J connectivity index is 1.95. The van der Waals surface area contributed by atoms with Crippen molar-refractivity contribution in [3.8, 4) is 0 Å². The summed E-state index contributed by atoms with van der Waals surface area (Å²) >= 11 is 2.13. The minimum Gasteiger partial charge on any atom is -0.465 e. The van der Waals surface area contributed by atoms with Crippen LogP contribution in [0.1, 0.15) is 48.1 Å². The van der Waals surface area contributed by atoms with E-state index < -0.39 is 30.4 Å². The summed E-state index contributed by atoms with van der Waals surface area (Å²) in [5.41, 5.74) is 0.321. The van der Waals surface area contributed by atoms with Crippen LogP contribution in [0.2, 0.25) is 0 Å². The maximum Gasteiger partial charge on any atom is 0.348 e. The van der Waals surface area contributed by atoms with Crippen LogP contribution in [-0.4, -0.2) is 50.4 Å². The summed E-state index contributed by atoms with van der Waals surface area (Å²) in [6, 6.07) is 3.40. The van der Waals surface area contributed by atoms with Gasteiger partial charge >= 0.3 is 17.9 Å². The highest BCUT2D eigenvalue weighted by Crippen LogP contribution is 2.34. The lowest BCUT2D eigenvalue weighted by atomic mass is 10.1. The van der Waals surface area contributed by atoms with Gasteiger partial charge in [-0.3, -0.25) is 14.4 Å². The molecule has 0 atom stereocenters. The molecule has 1 amide bonds. The number of hydrogen-bond donors (Lipinski definition) is 1. The molecule has 0 saturated carbocycles. The standard InChI is InChI=1S/C19H19NO8S2/c1-10-15(18(24)26-2)17(30-16(10)19(25)27-3)20-13(22)9-28-14(23)7-6-11(21)12-5-4-8-29-12/h4-5,8H,6-7,9H2,1-3H3,(H,20,22). The second-order valence-corrected chi connectivity index (χ2v) is 7.82. The number of Topliss-reactive ketones (excluding diaryl/α,β-unsaturated/α-hetero) is 1.